The minimum Gasteiger partial charge on any atom is -0.237 e. The summed E-state index contributed by atoms with van der Waals surface area (Å²) in [5.74, 6) is 0.454. The summed E-state index contributed by atoms with van der Waals surface area (Å²) in [7, 11) is 2.03. The topological polar surface area (TPSA) is 0 Å². The summed E-state index contributed by atoms with van der Waals surface area (Å²) in [5, 5.41) is 0. The summed E-state index contributed by atoms with van der Waals surface area (Å²) in [4.78, 5) is 0. The van der Waals surface area contributed by atoms with Gasteiger partial charge < -0.3 is 0 Å². The van der Waals surface area contributed by atoms with Crippen molar-refractivity contribution in [3.8, 4) is 0 Å². The molecule has 0 unspecified atom stereocenters. The summed E-state index contributed by atoms with van der Waals surface area (Å²) in [6.45, 7) is 4.03. The number of hydrogen-bond acceptors (Lipinski definition) is 1. The Kier molecular flexibility index (Phi) is 2.96. The van der Waals surface area contributed by atoms with Crippen LogP contribution in [0.5, 0.6) is 0 Å². The van der Waals surface area contributed by atoms with Gasteiger partial charge in [0.05, 0.1) is 7.17 Å². The predicted molar refractivity (Wildman–Crippen MR) is 32.2 cm³/mol. The van der Waals surface area contributed by atoms with Crippen LogP contribution in [0, 0.1) is 0 Å². The molecule has 0 bridgehead atoms. The molecule has 0 aliphatic rings. The highest BCUT2D eigenvalue weighted by molar-refractivity contribution is 8.16. The van der Waals surface area contributed by atoms with Crippen LogP contribution in [0.1, 0.15) is 0 Å². The van der Waals surface area contributed by atoms with Crippen LogP contribution in [-0.4, -0.2) is 13.1 Å². The monoisotopic (exact) mass is 85.0 g/mol. The van der Waals surface area contributed by atoms with E-state index in [-0.39, 0.29) is 0 Å². The molecule has 0 atom stereocenters. The molecule has 0 N–H and O–H groups in total. The molecular weight excluding hydrogens is 77.7 g/mol. The maximum absolute atomic E-state index is 4.04. The molecule has 1 radical (unpaired) electrons. The van der Waals surface area contributed by atoms with E-state index in [2.05, 4.69) is 12.5 Å². The van der Waals surface area contributed by atoms with Gasteiger partial charge in [-0.05, 0) is 0 Å². The molecule has 0 aromatic carbocycles. The van der Waals surface area contributed by atoms with Gasteiger partial charge in [-0.3, -0.25) is 0 Å². The fourth-order valence-electron chi connectivity index (χ4n) is 0. The van der Waals surface area contributed by atoms with Crippen molar-refractivity contribution in [3.63, 3.8) is 0 Å². The molecule has 0 aromatic heterocycles. The van der Waals surface area contributed by atoms with E-state index < -0.39 is 0 Å². The summed E-state index contributed by atoms with van der Waals surface area (Å²) < 4.78 is 0. The Morgan fingerprint density at radius 1 is 1.80 bits per heavy atom. The van der Waals surface area contributed by atoms with Crippen LogP contribution in [-0.2, 0) is 0 Å². The molecule has 0 nitrogen and oxygen atoms in total. The van der Waals surface area contributed by atoms with Gasteiger partial charge in [-0.1, -0.05) is 13.6 Å². The fourth-order valence-corrected chi connectivity index (χ4v) is 0. The third-order valence-electron chi connectivity index (χ3n) is 0.482. The molecule has 0 saturated carbocycles. The Hall–Kier alpha value is 0.480. The van der Waals surface area contributed by atoms with Gasteiger partial charge >= 0.3 is 0 Å². The van der Waals surface area contributed by atoms with Crippen LogP contribution in [0.25, 0.3) is 0 Å². The second kappa shape index (κ2) is 2.70. The van der Waals surface area contributed by atoms with Crippen molar-refractivity contribution in [2.75, 3.05) is 0 Å². The van der Waals surface area contributed by atoms with E-state index >= 15 is 0 Å². The lowest BCUT2D eigenvalue weighted by molar-refractivity contribution is 2.27. The minimum atomic E-state index is 0.454. The van der Waals surface area contributed by atoms with Crippen LogP contribution in [0.2, 0.25) is 13.6 Å². The van der Waals surface area contributed by atoms with Crippen molar-refractivity contribution in [2.24, 2.45) is 0 Å². The van der Waals surface area contributed by atoms with Crippen molar-refractivity contribution in [1.82, 2.24) is 0 Å². The molecular formula is C2H7B2S. The molecule has 0 heterocycles. The molecule has 5 heavy (non-hydrogen) atoms. The summed E-state index contributed by atoms with van der Waals surface area (Å²) in [6, 6.07) is 0. The summed E-state index contributed by atoms with van der Waals surface area (Å²) in [6.07, 6.45) is 0. The van der Waals surface area contributed by atoms with Crippen LogP contribution in [0.15, 0.2) is 0 Å². The van der Waals surface area contributed by atoms with Crippen molar-refractivity contribution in [1.29, 1.82) is 0 Å². The third-order valence-corrected chi connectivity index (χ3v) is 0.781. The van der Waals surface area contributed by atoms with Crippen LogP contribution in [0.4, 0.5) is 0 Å². The Morgan fingerprint density at radius 2 is 2.00 bits per heavy atom. The maximum Gasteiger partial charge on any atom is 0.161 e. The average molecular weight is 84.8 g/mol. The second-order valence-corrected chi connectivity index (χ2v) is 1.89. The predicted octanol–water partition coefficient (Wildman–Crippen LogP) is 0.786. The van der Waals surface area contributed by atoms with Gasteiger partial charge in [0.25, 0.3) is 0 Å². The van der Waals surface area contributed by atoms with Crippen LogP contribution >= 0.6 is 12.5 Å². The normalized spacial score (nSPS) is 7.00. The second-order valence-electron chi connectivity index (χ2n) is 1.07. The van der Waals surface area contributed by atoms with Crippen molar-refractivity contribution in [2.45, 2.75) is 13.6 Å². The molecule has 0 saturated heterocycles. The lowest BCUT2D eigenvalue weighted by atomic mass is 9.41. The standard InChI is InChI=1S/C2H7B2S/c1-3-4(2)5/h5H,1-2H3. The summed E-state index contributed by atoms with van der Waals surface area (Å²) >= 11 is 4.04. The largest absolute Gasteiger partial charge is 0.237 e. The number of hydrogen-bond donors (Lipinski definition) is 1. The lowest BCUT2D eigenvalue weighted by Crippen LogP contribution is -2.03. The zero-order valence-corrected chi connectivity index (χ0v) is 4.50. The first kappa shape index (κ1) is 5.48. The van der Waals surface area contributed by atoms with E-state index in [1.807, 2.05) is 20.8 Å². The van der Waals surface area contributed by atoms with Crippen molar-refractivity contribution in [3.05, 3.63) is 0 Å². The lowest BCUT2D eigenvalue weighted by Gasteiger charge is -1.81. The highest BCUT2D eigenvalue weighted by Crippen LogP contribution is 1.79. The van der Waals surface area contributed by atoms with E-state index in [0.717, 1.165) is 0 Å². The van der Waals surface area contributed by atoms with Gasteiger partial charge in [0.1, 0.15) is 0 Å². The Labute approximate surface area is 40.0 Å². The number of rotatable bonds is 1. The number of thiol groups is 1. The Balaban J connectivity index is 2.54. The fraction of sp³-hybridized carbons (Fsp3) is 1.00. The highest BCUT2D eigenvalue weighted by Gasteiger charge is 1.90. The van der Waals surface area contributed by atoms with E-state index in [1.54, 1.807) is 0 Å². The van der Waals surface area contributed by atoms with E-state index in [9.17, 15) is 0 Å². The Morgan fingerprint density at radius 3 is 2.00 bits per heavy atom. The Bertz CT molecular complexity index is 21.6. The van der Waals surface area contributed by atoms with E-state index in [1.165, 1.54) is 0 Å². The molecule has 27 valence electrons. The smallest absolute Gasteiger partial charge is 0.161 e. The summed E-state index contributed by atoms with van der Waals surface area (Å²) in [5.41, 5.74) is 0. The SMILES string of the molecule is C[B]B(C)S. The zero-order valence-electron chi connectivity index (χ0n) is 3.60. The molecule has 3 heteroatoms. The zero-order chi connectivity index (χ0) is 4.28. The van der Waals surface area contributed by atoms with Gasteiger partial charge in [-0.15, -0.1) is 0 Å². The first-order valence-corrected chi connectivity index (χ1v) is 2.26. The molecule has 0 fully saturated rings. The molecule has 0 amide bonds. The quantitative estimate of drug-likeness (QED) is 0.353. The van der Waals surface area contributed by atoms with Gasteiger partial charge in [0.15, 0.2) is 5.88 Å². The van der Waals surface area contributed by atoms with Crippen molar-refractivity contribution < 1.29 is 0 Å². The first-order chi connectivity index (χ1) is 2.27. The molecule has 0 rings (SSSR count). The minimum absolute atomic E-state index is 0.454. The third kappa shape index (κ3) is 4.48. The maximum atomic E-state index is 4.04. The highest BCUT2D eigenvalue weighted by atomic mass is 32.1. The van der Waals surface area contributed by atoms with Gasteiger partial charge in [0, 0.05) is 0 Å². The average Bonchev–Trinajstić information content (AvgIpc) is 1.38. The van der Waals surface area contributed by atoms with Gasteiger partial charge in [-0.2, -0.15) is 0 Å². The van der Waals surface area contributed by atoms with Crippen LogP contribution < -0.4 is 0 Å². The molecule has 0 aliphatic heterocycles. The molecule has 0 aromatic rings. The molecule has 0 aliphatic carbocycles. The first-order valence-electron chi connectivity index (χ1n) is 1.75. The van der Waals surface area contributed by atoms with E-state index in [0.29, 0.717) is 5.88 Å². The van der Waals surface area contributed by atoms with Crippen molar-refractivity contribution >= 4 is 25.5 Å². The van der Waals surface area contributed by atoms with Gasteiger partial charge in [0.2, 0.25) is 0 Å². The van der Waals surface area contributed by atoms with Crippen LogP contribution in [0.3, 0.4) is 0 Å². The molecule has 0 spiro atoms. The van der Waals surface area contributed by atoms with E-state index in [4.69, 9.17) is 0 Å². The van der Waals surface area contributed by atoms with Gasteiger partial charge in [-0.25, -0.2) is 12.5 Å².